The SMILES string of the molecule is COCCC(=O)N(Cc1ccc(Cl)cc1)[C@@H]1C=C(C(=O)NCCO)[C@@H]2c3cc(C=O)cc(OC)c3O[C@@H]2[C@H]1O. The number of carbonyl (C=O) groups excluding carboxylic acids is 3. The van der Waals surface area contributed by atoms with Crippen LogP contribution in [-0.4, -0.2) is 85.4 Å². The van der Waals surface area contributed by atoms with E-state index in [1.165, 1.54) is 25.2 Å². The topological polar surface area (TPSA) is 135 Å². The molecular formula is C28H31ClN2O8. The van der Waals surface area contributed by atoms with Crippen molar-refractivity contribution in [2.24, 2.45) is 0 Å². The first kappa shape index (κ1) is 28.6. The van der Waals surface area contributed by atoms with Gasteiger partial charge < -0.3 is 34.6 Å². The van der Waals surface area contributed by atoms with Crippen LogP contribution in [0.1, 0.15) is 33.8 Å². The summed E-state index contributed by atoms with van der Waals surface area (Å²) in [6.07, 6.45) is 0.0929. The third kappa shape index (κ3) is 5.94. The Morgan fingerprint density at radius 2 is 1.95 bits per heavy atom. The molecule has 0 aromatic heterocycles. The summed E-state index contributed by atoms with van der Waals surface area (Å²) in [7, 11) is 2.92. The summed E-state index contributed by atoms with van der Waals surface area (Å²) in [5.41, 5.74) is 1.85. The van der Waals surface area contributed by atoms with E-state index in [4.69, 9.17) is 25.8 Å². The molecule has 0 fully saturated rings. The van der Waals surface area contributed by atoms with Gasteiger partial charge in [0.2, 0.25) is 11.8 Å². The lowest BCUT2D eigenvalue weighted by atomic mass is 9.77. The minimum atomic E-state index is -1.24. The standard InChI is InChI=1S/C28H31ClN2O8/c1-37-10-7-23(34)31(14-16-3-5-18(29)6-4-16)21-13-20(28(36)30-8-9-32)24-19-11-17(15-33)12-22(38-2)26(19)39-27(24)25(21)35/h3-6,11-13,15,21,24-25,27,32,35H,7-10,14H2,1-2H3,(H,30,36)/t21-,24+,25+,27+/m1/s1. The Morgan fingerprint density at radius 1 is 1.21 bits per heavy atom. The highest BCUT2D eigenvalue weighted by Gasteiger charge is 2.51. The second kappa shape index (κ2) is 12.6. The molecule has 0 radical (unpaired) electrons. The smallest absolute Gasteiger partial charge is 0.247 e. The van der Waals surface area contributed by atoms with Crippen molar-refractivity contribution in [2.45, 2.75) is 37.1 Å². The first-order chi connectivity index (χ1) is 18.8. The molecule has 2 aliphatic rings. The van der Waals surface area contributed by atoms with Gasteiger partial charge in [-0.15, -0.1) is 0 Å². The molecule has 3 N–H and O–H groups in total. The van der Waals surface area contributed by atoms with Crippen LogP contribution < -0.4 is 14.8 Å². The van der Waals surface area contributed by atoms with Crippen molar-refractivity contribution in [1.82, 2.24) is 10.2 Å². The number of methoxy groups -OCH3 is 2. The van der Waals surface area contributed by atoms with Crippen LogP contribution in [0.3, 0.4) is 0 Å². The van der Waals surface area contributed by atoms with Crippen LogP contribution in [0, 0.1) is 0 Å². The molecule has 10 nitrogen and oxygen atoms in total. The summed E-state index contributed by atoms with van der Waals surface area (Å²) in [4.78, 5) is 39.9. The lowest BCUT2D eigenvalue weighted by Gasteiger charge is -2.40. The van der Waals surface area contributed by atoms with E-state index in [1.54, 1.807) is 36.4 Å². The quantitative estimate of drug-likeness (QED) is 0.356. The van der Waals surface area contributed by atoms with E-state index in [2.05, 4.69) is 5.32 Å². The normalized spacial score (nSPS) is 21.2. The maximum atomic E-state index is 13.4. The first-order valence-electron chi connectivity index (χ1n) is 12.5. The van der Waals surface area contributed by atoms with Crippen molar-refractivity contribution in [3.8, 4) is 11.5 Å². The van der Waals surface area contributed by atoms with Crippen LogP contribution in [0.2, 0.25) is 5.02 Å². The van der Waals surface area contributed by atoms with Crippen LogP contribution in [0.4, 0.5) is 0 Å². The highest BCUT2D eigenvalue weighted by atomic mass is 35.5. The van der Waals surface area contributed by atoms with E-state index in [9.17, 15) is 24.6 Å². The van der Waals surface area contributed by atoms with E-state index in [0.29, 0.717) is 28.2 Å². The summed E-state index contributed by atoms with van der Waals surface area (Å²) in [5, 5.41) is 24.1. The van der Waals surface area contributed by atoms with Gasteiger partial charge in [0.25, 0.3) is 0 Å². The summed E-state index contributed by atoms with van der Waals surface area (Å²) in [5.74, 6) is -0.925. The van der Waals surface area contributed by atoms with Gasteiger partial charge in [-0.1, -0.05) is 23.7 Å². The minimum absolute atomic E-state index is 0.00739. The summed E-state index contributed by atoms with van der Waals surface area (Å²) >= 11 is 6.04. The fourth-order valence-electron chi connectivity index (χ4n) is 5.04. The van der Waals surface area contributed by atoms with Gasteiger partial charge in [-0.05, 0) is 35.9 Å². The van der Waals surface area contributed by atoms with E-state index < -0.39 is 30.1 Å². The van der Waals surface area contributed by atoms with Gasteiger partial charge in [0.1, 0.15) is 18.5 Å². The molecule has 0 bridgehead atoms. The van der Waals surface area contributed by atoms with Crippen molar-refractivity contribution in [3.63, 3.8) is 0 Å². The Bertz CT molecular complexity index is 1250. The number of aldehydes is 1. The van der Waals surface area contributed by atoms with E-state index >= 15 is 0 Å². The zero-order valence-corrected chi connectivity index (χ0v) is 22.4. The molecule has 0 saturated carbocycles. The molecule has 39 heavy (non-hydrogen) atoms. The monoisotopic (exact) mass is 558 g/mol. The molecule has 11 heteroatoms. The third-order valence-corrected chi connectivity index (χ3v) is 7.13. The fourth-order valence-corrected chi connectivity index (χ4v) is 5.16. The summed E-state index contributed by atoms with van der Waals surface area (Å²) < 4.78 is 16.7. The van der Waals surface area contributed by atoms with Crippen molar-refractivity contribution in [3.05, 3.63) is 69.8 Å². The molecule has 4 rings (SSSR count). The highest BCUT2D eigenvalue weighted by molar-refractivity contribution is 6.30. The van der Waals surface area contributed by atoms with Gasteiger partial charge in [0, 0.05) is 41.9 Å². The summed E-state index contributed by atoms with van der Waals surface area (Å²) in [6.45, 7) is 0.0411. The van der Waals surface area contributed by atoms with E-state index in [1.807, 2.05) is 0 Å². The lowest BCUT2D eigenvalue weighted by Crippen LogP contribution is -2.55. The molecular weight excluding hydrogens is 528 g/mol. The van der Waals surface area contributed by atoms with Crippen molar-refractivity contribution < 1.29 is 38.8 Å². The molecule has 0 spiro atoms. The number of rotatable bonds is 11. The number of hydrogen-bond acceptors (Lipinski definition) is 8. The van der Waals surface area contributed by atoms with Crippen LogP contribution in [0.25, 0.3) is 0 Å². The number of hydrogen-bond donors (Lipinski definition) is 3. The number of nitrogens with one attached hydrogen (secondary N) is 1. The zero-order chi connectivity index (χ0) is 28.1. The third-order valence-electron chi connectivity index (χ3n) is 6.88. The van der Waals surface area contributed by atoms with Crippen molar-refractivity contribution in [2.75, 3.05) is 34.0 Å². The number of carbonyl (C=O) groups is 3. The number of halogens is 1. The highest BCUT2D eigenvalue weighted by Crippen LogP contribution is 2.51. The van der Waals surface area contributed by atoms with Crippen LogP contribution in [0.5, 0.6) is 11.5 Å². The molecule has 4 atom stereocenters. The second-order valence-corrected chi connectivity index (χ2v) is 9.73. The number of ether oxygens (including phenoxy) is 3. The van der Waals surface area contributed by atoms with Gasteiger partial charge >= 0.3 is 0 Å². The lowest BCUT2D eigenvalue weighted by molar-refractivity contribution is -0.139. The Kier molecular flexibility index (Phi) is 9.24. The molecule has 2 aromatic rings. The Hall–Kier alpha value is -3.44. The zero-order valence-electron chi connectivity index (χ0n) is 21.6. The number of amides is 2. The Balaban J connectivity index is 1.80. The number of fused-ring (bicyclic) bond motifs is 3. The summed E-state index contributed by atoms with van der Waals surface area (Å²) in [6, 6.07) is 9.16. The largest absolute Gasteiger partial charge is 0.493 e. The molecule has 208 valence electrons. The average Bonchev–Trinajstić information content (AvgIpc) is 3.34. The van der Waals surface area contributed by atoms with Crippen LogP contribution >= 0.6 is 11.6 Å². The predicted octanol–water partition coefficient (Wildman–Crippen LogP) is 1.85. The molecule has 0 saturated heterocycles. The van der Waals surface area contributed by atoms with Gasteiger partial charge in [-0.25, -0.2) is 0 Å². The van der Waals surface area contributed by atoms with Crippen LogP contribution in [-0.2, 0) is 20.9 Å². The second-order valence-electron chi connectivity index (χ2n) is 9.29. The fraction of sp³-hybridized carbons (Fsp3) is 0.393. The van der Waals surface area contributed by atoms with Crippen molar-refractivity contribution >= 4 is 29.7 Å². The Labute approximate surface area is 231 Å². The molecule has 1 heterocycles. The van der Waals surface area contributed by atoms with Gasteiger partial charge in [-0.3, -0.25) is 14.4 Å². The van der Waals surface area contributed by atoms with E-state index in [-0.39, 0.29) is 50.0 Å². The van der Waals surface area contributed by atoms with Crippen LogP contribution in [0.15, 0.2) is 48.0 Å². The molecule has 1 aliphatic carbocycles. The molecule has 1 aliphatic heterocycles. The predicted molar refractivity (Wildman–Crippen MR) is 142 cm³/mol. The van der Waals surface area contributed by atoms with Gasteiger partial charge in [0.15, 0.2) is 11.5 Å². The number of nitrogens with zero attached hydrogens (tertiary/aromatic N) is 1. The van der Waals surface area contributed by atoms with Crippen molar-refractivity contribution in [1.29, 1.82) is 0 Å². The number of aliphatic hydroxyl groups is 2. The average molecular weight is 559 g/mol. The first-order valence-corrected chi connectivity index (χ1v) is 12.9. The van der Waals surface area contributed by atoms with Gasteiger partial charge in [0.05, 0.1) is 38.7 Å². The maximum absolute atomic E-state index is 13.4. The molecule has 0 unspecified atom stereocenters. The molecule has 2 aromatic carbocycles. The number of benzene rings is 2. The number of aliphatic hydroxyl groups excluding tert-OH is 2. The Morgan fingerprint density at radius 3 is 2.59 bits per heavy atom. The minimum Gasteiger partial charge on any atom is -0.493 e. The van der Waals surface area contributed by atoms with Gasteiger partial charge in [-0.2, -0.15) is 0 Å². The van der Waals surface area contributed by atoms with E-state index in [0.717, 1.165) is 5.56 Å². The molecule has 2 amide bonds. The maximum Gasteiger partial charge on any atom is 0.247 e.